The van der Waals surface area contributed by atoms with Crippen LogP contribution in [0.15, 0.2) is 0 Å². The van der Waals surface area contributed by atoms with E-state index in [0.717, 1.165) is 13.0 Å². The summed E-state index contributed by atoms with van der Waals surface area (Å²) in [5.74, 6) is 2.59. The first-order chi connectivity index (χ1) is 5.99. The van der Waals surface area contributed by atoms with E-state index in [9.17, 15) is 8.42 Å². The summed E-state index contributed by atoms with van der Waals surface area (Å²) in [5, 5.41) is 3.11. The van der Waals surface area contributed by atoms with Crippen LogP contribution in [0.2, 0.25) is 0 Å². The summed E-state index contributed by atoms with van der Waals surface area (Å²) < 4.78 is 21.9. The second-order valence-electron chi connectivity index (χ2n) is 3.15. The van der Waals surface area contributed by atoms with Gasteiger partial charge in [0.1, 0.15) is 9.84 Å². The van der Waals surface area contributed by atoms with Crippen molar-refractivity contribution in [3.8, 4) is 12.3 Å². The topological polar surface area (TPSA) is 46.2 Å². The van der Waals surface area contributed by atoms with Gasteiger partial charge < -0.3 is 5.32 Å². The molecule has 0 spiro atoms. The van der Waals surface area contributed by atoms with Crippen molar-refractivity contribution in [1.29, 1.82) is 0 Å². The van der Waals surface area contributed by atoms with Crippen LogP contribution in [-0.2, 0) is 9.84 Å². The average molecular weight is 203 g/mol. The van der Waals surface area contributed by atoms with Gasteiger partial charge in [0, 0.05) is 18.7 Å². The highest BCUT2D eigenvalue weighted by molar-refractivity contribution is 7.90. The normalized spacial score (nSPS) is 13.6. The zero-order chi connectivity index (χ0) is 10.3. The van der Waals surface area contributed by atoms with Crippen LogP contribution in [0, 0.1) is 12.3 Å². The molecular formula is C9H17NO2S. The molecule has 0 rings (SSSR count). The Morgan fingerprint density at radius 2 is 2.15 bits per heavy atom. The minimum atomic E-state index is -2.93. The van der Waals surface area contributed by atoms with Gasteiger partial charge in [-0.25, -0.2) is 8.42 Å². The molecule has 0 radical (unpaired) electrons. The number of sulfone groups is 1. The van der Waals surface area contributed by atoms with Crippen molar-refractivity contribution in [2.24, 2.45) is 0 Å². The van der Waals surface area contributed by atoms with E-state index in [1.165, 1.54) is 6.26 Å². The van der Waals surface area contributed by atoms with E-state index in [0.29, 0.717) is 6.42 Å². The van der Waals surface area contributed by atoms with E-state index < -0.39 is 9.84 Å². The zero-order valence-corrected chi connectivity index (χ0v) is 9.02. The summed E-state index contributed by atoms with van der Waals surface area (Å²) in [5.41, 5.74) is 0. The zero-order valence-electron chi connectivity index (χ0n) is 8.21. The van der Waals surface area contributed by atoms with Crippen LogP contribution in [0.1, 0.15) is 19.8 Å². The molecule has 13 heavy (non-hydrogen) atoms. The van der Waals surface area contributed by atoms with Crippen LogP contribution in [0.4, 0.5) is 0 Å². The molecule has 0 aliphatic heterocycles. The van der Waals surface area contributed by atoms with Gasteiger partial charge in [-0.3, -0.25) is 0 Å². The largest absolute Gasteiger partial charge is 0.312 e. The highest BCUT2D eigenvalue weighted by Gasteiger charge is 2.12. The summed E-state index contributed by atoms with van der Waals surface area (Å²) in [4.78, 5) is 0. The molecule has 0 aromatic heterocycles. The van der Waals surface area contributed by atoms with Crippen molar-refractivity contribution in [3.63, 3.8) is 0 Å². The minimum Gasteiger partial charge on any atom is -0.312 e. The lowest BCUT2D eigenvalue weighted by Gasteiger charge is -2.14. The molecule has 4 heteroatoms. The fourth-order valence-corrected chi connectivity index (χ4v) is 2.01. The molecule has 0 aliphatic rings. The second kappa shape index (κ2) is 6.01. The van der Waals surface area contributed by atoms with Crippen LogP contribution in [0.3, 0.4) is 0 Å². The van der Waals surface area contributed by atoms with E-state index in [1.807, 2.05) is 6.92 Å². The highest BCUT2D eigenvalue weighted by atomic mass is 32.2. The molecule has 0 fully saturated rings. The van der Waals surface area contributed by atoms with E-state index in [4.69, 9.17) is 6.42 Å². The summed E-state index contributed by atoms with van der Waals surface area (Å²) in [7, 11) is -2.93. The Morgan fingerprint density at radius 1 is 1.54 bits per heavy atom. The first kappa shape index (κ1) is 12.5. The average Bonchev–Trinajstić information content (AvgIpc) is 1.98. The van der Waals surface area contributed by atoms with Crippen molar-refractivity contribution in [3.05, 3.63) is 0 Å². The van der Waals surface area contributed by atoms with Gasteiger partial charge in [0.25, 0.3) is 0 Å². The third-order valence-electron chi connectivity index (χ3n) is 1.55. The van der Waals surface area contributed by atoms with Gasteiger partial charge in [-0.1, -0.05) is 6.92 Å². The standard InChI is InChI=1S/C9H17NO2S/c1-4-6-9(10-7-5-2)8-13(3,11)12/h1,9-10H,5-8H2,2-3H3. The summed E-state index contributed by atoms with van der Waals surface area (Å²) in [6.45, 7) is 2.84. The predicted molar refractivity (Wildman–Crippen MR) is 55.2 cm³/mol. The van der Waals surface area contributed by atoms with Gasteiger partial charge in [-0.2, -0.15) is 0 Å². The first-order valence-electron chi connectivity index (χ1n) is 4.34. The Kier molecular flexibility index (Phi) is 5.76. The predicted octanol–water partition coefficient (Wildman–Crippen LogP) is 0.422. The molecule has 0 amide bonds. The molecule has 1 unspecified atom stereocenters. The van der Waals surface area contributed by atoms with Crippen LogP contribution >= 0.6 is 0 Å². The van der Waals surface area contributed by atoms with Gasteiger partial charge in [-0.05, 0) is 13.0 Å². The van der Waals surface area contributed by atoms with Crippen molar-refractivity contribution >= 4 is 9.84 Å². The summed E-state index contributed by atoms with van der Waals surface area (Å²) in [6, 6.07) is -0.0973. The number of terminal acetylenes is 1. The van der Waals surface area contributed by atoms with Gasteiger partial charge >= 0.3 is 0 Å². The fraction of sp³-hybridized carbons (Fsp3) is 0.778. The van der Waals surface area contributed by atoms with E-state index in [1.54, 1.807) is 0 Å². The Bertz CT molecular complexity index is 264. The third-order valence-corrected chi connectivity index (χ3v) is 2.56. The fourth-order valence-electron chi connectivity index (χ4n) is 1.05. The molecule has 0 heterocycles. The van der Waals surface area contributed by atoms with Gasteiger partial charge in [0.15, 0.2) is 0 Å². The smallest absolute Gasteiger partial charge is 0.149 e. The van der Waals surface area contributed by atoms with E-state index >= 15 is 0 Å². The number of hydrogen-bond donors (Lipinski definition) is 1. The van der Waals surface area contributed by atoms with Crippen molar-refractivity contribution in [2.75, 3.05) is 18.6 Å². The number of nitrogens with one attached hydrogen (secondary N) is 1. The van der Waals surface area contributed by atoms with Gasteiger partial charge in [-0.15, -0.1) is 12.3 Å². The molecule has 0 bridgehead atoms. The lowest BCUT2D eigenvalue weighted by Crippen LogP contribution is -2.35. The molecular weight excluding hydrogens is 186 g/mol. The SMILES string of the molecule is C#CCC(CS(C)(=O)=O)NCCC. The second-order valence-corrected chi connectivity index (χ2v) is 5.34. The first-order valence-corrected chi connectivity index (χ1v) is 6.40. The van der Waals surface area contributed by atoms with Crippen molar-refractivity contribution < 1.29 is 8.42 Å². The lowest BCUT2D eigenvalue weighted by molar-refractivity contribution is 0.540. The quantitative estimate of drug-likeness (QED) is 0.636. The Balaban J connectivity index is 4.03. The van der Waals surface area contributed by atoms with E-state index in [2.05, 4.69) is 11.2 Å². The number of hydrogen-bond acceptors (Lipinski definition) is 3. The minimum absolute atomic E-state index is 0.0973. The van der Waals surface area contributed by atoms with Crippen molar-refractivity contribution in [2.45, 2.75) is 25.8 Å². The van der Waals surface area contributed by atoms with Crippen LogP contribution in [0.5, 0.6) is 0 Å². The van der Waals surface area contributed by atoms with Crippen LogP contribution in [-0.4, -0.2) is 33.0 Å². The molecule has 0 aromatic rings. The maximum absolute atomic E-state index is 11.0. The van der Waals surface area contributed by atoms with Crippen LogP contribution in [0.25, 0.3) is 0 Å². The van der Waals surface area contributed by atoms with Crippen molar-refractivity contribution in [1.82, 2.24) is 5.32 Å². The van der Waals surface area contributed by atoms with Gasteiger partial charge in [0.05, 0.1) is 5.75 Å². The highest BCUT2D eigenvalue weighted by Crippen LogP contribution is 1.96. The Hall–Kier alpha value is -0.530. The number of rotatable bonds is 6. The molecule has 0 aliphatic carbocycles. The van der Waals surface area contributed by atoms with Gasteiger partial charge in [0.2, 0.25) is 0 Å². The Morgan fingerprint density at radius 3 is 2.54 bits per heavy atom. The molecule has 76 valence electrons. The molecule has 1 N–H and O–H groups in total. The molecule has 0 aromatic carbocycles. The maximum atomic E-state index is 11.0. The van der Waals surface area contributed by atoms with E-state index in [-0.39, 0.29) is 11.8 Å². The monoisotopic (exact) mass is 203 g/mol. The summed E-state index contributed by atoms with van der Waals surface area (Å²) in [6.07, 6.45) is 7.80. The van der Waals surface area contributed by atoms with Crippen LogP contribution < -0.4 is 5.32 Å². The molecule has 0 saturated heterocycles. The molecule has 3 nitrogen and oxygen atoms in total. The molecule has 0 saturated carbocycles. The maximum Gasteiger partial charge on any atom is 0.149 e. The summed E-state index contributed by atoms with van der Waals surface area (Å²) >= 11 is 0. The third kappa shape index (κ3) is 7.82. The molecule has 1 atom stereocenters. The Labute approximate surface area is 80.8 Å². The lowest BCUT2D eigenvalue weighted by atomic mass is 10.2.